The van der Waals surface area contributed by atoms with Crippen LogP contribution in [0.4, 0.5) is 0 Å². The second kappa shape index (κ2) is 7.12. The first-order chi connectivity index (χ1) is 9.42. The summed E-state index contributed by atoms with van der Waals surface area (Å²) in [6, 6.07) is 29.5. The first-order valence-corrected chi connectivity index (χ1v) is 6.47. The molecule has 1 heteroatoms. The van der Waals surface area contributed by atoms with E-state index in [1.165, 1.54) is 22.3 Å². The summed E-state index contributed by atoms with van der Waals surface area (Å²) in [7, 11) is 0. The Balaban J connectivity index is 0.00000147. The van der Waals surface area contributed by atoms with E-state index in [9.17, 15) is 0 Å². The molecule has 0 heterocycles. The largest absolute Gasteiger partial charge is 0.126 e. The Hall–Kier alpha value is -1.78. The van der Waals surface area contributed by atoms with Crippen molar-refractivity contribution in [2.24, 2.45) is 0 Å². The molecule has 0 nitrogen and oxygen atoms in total. The van der Waals surface area contributed by atoms with Crippen molar-refractivity contribution in [3.05, 3.63) is 102 Å². The van der Waals surface area contributed by atoms with Crippen molar-refractivity contribution in [2.45, 2.75) is 0 Å². The third-order valence-corrected chi connectivity index (χ3v) is 3.15. The fourth-order valence-corrected chi connectivity index (χ4v) is 2.14. The minimum Gasteiger partial charge on any atom is -0.126 e. The van der Waals surface area contributed by atoms with Crippen LogP contribution in [0.25, 0.3) is 11.1 Å². The molecular weight excluding hydrogens is 412 g/mol. The summed E-state index contributed by atoms with van der Waals surface area (Å²) >= 11 is 0. The molecule has 20 heavy (non-hydrogen) atoms. The maximum Gasteiger partial charge on any atom is 0 e. The zero-order valence-electron chi connectivity index (χ0n) is 11.1. The Kier molecular flexibility index (Phi) is 5.21. The van der Waals surface area contributed by atoms with Gasteiger partial charge in [-0.25, -0.2) is 0 Å². The van der Waals surface area contributed by atoms with E-state index < -0.39 is 0 Å². The molecular formula is C19H15W-. The number of rotatable bonds is 3. The molecule has 0 atom stereocenters. The van der Waals surface area contributed by atoms with Gasteiger partial charge in [-0.3, -0.25) is 0 Å². The second-order valence-corrected chi connectivity index (χ2v) is 4.54. The van der Waals surface area contributed by atoms with Gasteiger partial charge in [0.2, 0.25) is 0 Å². The number of benzene rings is 3. The van der Waals surface area contributed by atoms with Crippen molar-refractivity contribution in [3.63, 3.8) is 0 Å². The Morgan fingerprint density at radius 2 is 0.900 bits per heavy atom. The molecule has 0 amide bonds. The Bertz CT molecular complexity index is 628. The Morgan fingerprint density at radius 1 is 0.450 bits per heavy atom. The molecule has 0 saturated carbocycles. The van der Waals surface area contributed by atoms with Crippen LogP contribution in [0, 0.1) is 6.42 Å². The summed E-state index contributed by atoms with van der Waals surface area (Å²) in [5.74, 6) is 0. The van der Waals surface area contributed by atoms with Gasteiger partial charge >= 0.3 is 0 Å². The molecule has 3 rings (SSSR count). The SMILES string of the molecule is [W].c1ccc([CH-]c2ccc(-c3ccccc3)cc2)cc1. The van der Waals surface area contributed by atoms with Gasteiger partial charge in [-0.05, 0) is 11.1 Å². The topological polar surface area (TPSA) is 0 Å². The van der Waals surface area contributed by atoms with Gasteiger partial charge in [0.25, 0.3) is 0 Å². The zero-order valence-corrected chi connectivity index (χ0v) is 14.0. The van der Waals surface area contributed by atoms with E-state index in [1.54, 1.807) is 0 Å². The van der Waals surface area contributed by atoms with Crippen LogP contribution in [0.3, 0.4) is 0 Å². The van der Waals surface area contributed by atoms with Gasteiger partial charge in [-0.2, -0.15) is 0 Å². The van der Waals surface area contributed by atoms with Crippen LogP contribution in [0.2, 0.25) is 0 Å². The predicted molar refractivity (Wildman–Crippen MR) is 80.8 cm³/mol. The van der Waals surface area contributed by atoms with Gasteiger partial charge in [0.05, 0.1) is 0 Å². The minimum absolute atomic E-state index is 0. The van der Waals surface area contributed by atoms with Crippen molar-refractivity contribution in [2.75, 3.05) is 0 Å². The maximum atomic E-state index is 2.19. The normalized spacial score (nSPS) is 9.60. The zero-order chi connectivity index (χ0) is 12.9. The van der Waals surface area contributed by atoms with E-state index in [2.05, 4.69) is 79.2 Å². The van der Waals surface area contributed by atoms with Crippen LogP contribution >= 0.6 is 0 Å². The summed E-state index contributed by atoms with van der Waals surface area (Å²) in [6.07, 6.45) is 2.19. The fraction of sp³-hybridized carbons (Fsp3) is 0. The van der Waals surface area contributed by atoms with E-state index in [-0.39, 0.29) is 21.1 Å². The van der Waals surface area contributed by atoms with Crippen molar-refractivity contribution < 1.29 is 21.1 Å². The van der Waals surface area contributed by atoms with Crippen LogP contribution < -0.4 is 0 Å². The molecule has 0 fully saturated rings. The van der Waals surface area contributed by atoms with Gasteiger partial charge in [0.15, 0.2) is 0 Å². The first kappa shape index (κ1) is 14.6. The van der Waals surface area contributed by atoms with E-state index in [0.717, 1.165) is 0 Å². The predicted octanol–water partition coefficient (Wildman–Crippen LogP) is 4.95. The standard InChI is InChI=1S/C19H15.W/c1-3-7-16(8-4-1)15-17-11-13-19(14-12-17)18-9-5-2-6-10-18;/h1-15H;/q-1;. The van der Waals surface area contributed by atoms with Crippen molar-refractivity contribution >= 4 is 0 Å². The summed E-state index contributed by atoms with van der Waals surface area (Å²) in [5.41, 5.74) is 4.97. The molecule has 0 bridgehead atoms. The van der Waals surface area contributed by atoms with Crippen LogP contribution in [0.5, 0.6) is 0 Å². The van der Waals surface area contributed by atoms with E-state index >= 15 is 0 Å². The van der Waals surface area contributed by atoms with Crippen molar-refractivity contribution in [1.82, 2.24) is 0 Å². The van der Waals surface area contributed by atoms with Gasteiger partial charge < -0.3 is 0 Å². The molecule has 0 aliphatic carbocycles. The average Bonchev–Trinajstić information content (AvgIpc) is 2.50. The van der Waals surface area contributed by atoms with Crippen molar-refractivity contribution in [1.29, 1.82) is 0 Å². The third kappa shape index (κ3) is 3.62. The molecule has 98 valence electrons. The smallest absolute Gasteiger partial charge is 0 e. The van der Waals surface area contributed by atoms with Gasteiger partial charge in [-0.15, -0.1) is 41.8 Å². The molecule has 0 unspecified atom stereocenters. The minimum atomic E-state index is 0. The molecule has 0 aliphatic rings. The average molecular weight is 427 g/mol. The quantitative estimate of drug-likeness (QED) is 0.519. The number of hydrogen-bond donors (Lipinski definition) is 0. The summed E-state index contributed by atoms with van der Waals surface area (Å²) < 4.78 is 0. The molecule has 3 aromatic rings. The first-order valence-electron chi connectivity index (χ1n) is 6.47. The molecule has 0 N–H and O–H groups in total. The Morgan fingerprint density at radius 3 is 1.50 bits per heavy atom. The van der Waals surface area contributed by atoms with Crippen LogP contribution in [-0.4, -0.2) is 0 Å². The molecule has 0 saturated heterocycles. The Labute approximate surface area is 134 Å². The van der Waals surface area contributed by atoms with E-state index in [4.69, 9.17) is 0 Å². The van der Waals surface area contributed by atoms with Gasteiger partial charge in [0.1, 0.15) is 0 Å². The summed E-state index contributed by atoms with van der Waals surface area (Å²) in [4.78, 5) is 0. The molecule has 0 spiro atoms. The van der Waals surface area contributed by atoms with Crippen molar-refractivity contribution in [3.8, 4) is 11.1 Å². The summed E-state index contributed by atoms with van der Waals surface area (Å²) in [5, 5.41) is 0. The summed E-state index contributed by atoms with van der Waals surface area (Å²) in [6.45, 7) is 0. The van der Waals surface area contributed by atoms with Gasteiger partial charge in [-0.1, -0.05) is 60.7 Å². The van der Waals surface area contributed by atoms with Gasteiger partial charge in [0, 0.05) is 21.1 Å². The fourth-order valence-electron chi connectivity index (χ4n) is 2.14. The second-order valence-electron chi connectivity index (χ2n) is 4.54. The molecule has 0 aliphatic heterocycles. The van der Waals surface area contributed by atoms with Crippen LogP contribution in [-0.2, 0) is 21.1 Å². The number of hydrogen-bond acceptors (Lipinski definition) is 0. The molecule has 0 radical (unpaired) electrons. The maximum absolute atomic E-state index is 2.19. The van der Waals surface area contributed by atoms with Crippen LogP contribution in [0.1, 0.15) is 11.1 Å². The monoisotopic (exact) mass is 427 g/mol. The van der Waals surface area contributed by atoms with Crippen LogP contribution in [0.15, 0.2) is 84.9 Å². The molecule has 0 aromatic heterocycles. The third-order valence-electron chi connectivity index (χ3n) is 3.15. The molecule has 3 aromatic carbocycles. The van der Waals surface area contributed by atoms with E-state index in [1.807, 2.05) is 12.1 Å². The van der Waals surface area contributed by atoms with E-state index in [0.29, 0.717) is 0 Å².